The van der Waals surface area contributed by atoms with Crippen LogP contribution >= 0.6 is 11.6 Å². The predicted molar refractivity (Wildman–Crippen MR) is 116 cm³/mol. The van der Waals surface area contributed by atoms with E-state index in [-0.39, 0.29) is 29.0 Å². The molecule has 4 rings (SSSR count). The summed E-state index contributed by atoms with van der Waals surface area (Å²) in [6.45, 7) is 0. The van der Waals surface area contributed by atoms with Gasteiger partial charge in [0.2, 0.25) is 0 Å². The average Bonchev–Trinajstić information content (AvgIpc) is 3.56. The van der Waals surface area contributed by atoms with E-state index in [4.69, 9.17) is 17.0 Å². The van der Waals surface area contributed by atoms with E-state index < -0.39 is 17.5 Å². The zero-order chi connectivity index (χ0) is 22.2. The third-order valence-corrected chi connectivity index (χ3v) is 7.01. The Hall–Kier alpha value is -2.08. The van der Waals surface area contributed by atoms with Crippen molar-refractivity contribution in [2.45, 2.75) is 75.8 Å². The summed E-state index contributed by atoms with van der Waals surface area (Å²) in [7, 11) is 0. The van der Waals surface area contributed by atoms with E-state index >= 15 is 0 Å². The molecule has 1 saturated carbocycles. The molecule has 1 aromatic carbocycles. The van der Waals surface area contributed by atoms with Gasteiger partial charge in [-0.2, -0.15) is 13.2 Å². The molecule has 3 aliphatic carbocycles. The number of halogens is 4. The maximum absolute atomic E-state index is 13.8. The normalized spacial score (nSPS) is 20.8. The van der Waals surface area contributed by atoms with Crippen molar-refractivity contribution in [2.24, 2.45) is 0 Å². The molecule has 2 N–H and O–H groups in total. The molecule has 0 spiro atoms. The van der Waals surface area contributed by atoms with Crippen molar-refractivity contribution in [3.8, 4) is 0 Å². The van der Waals surface area contributed by atoms with Crippen LogP contribution in [0, 0.1) is 5.41 Å². The highest BCUT2D eigenvalue weighted by Gasteiger charge is 2.65. The zero-order valence-corrected chi connectivity index (χ0v) is 18.1. The van der Waals surface area contributed by atoms with E-state index in [1.807, 2.05) is 0 Å². The second-order valence-electron chi connectivity index (χ2n) is 8.71. The van der Waals surface area contributed by atoms with Gasteiger partial charge in [-0.05, 0) is 87.0 Å². The Kier molecular flexibility index (Phi) is 6.03. The summed E-state index contributed by atoms with van der Waals surface area (Å²) >= 11 is 6.25. The van der Waals surface area contributed by atoms with Gasteiger partial charge in [0.25, 0.3) is 5.91 Å². The van der Waals surface area contributed by atoms with E-state index in [0.29, 0.717) is 24.3 Å². The van der Waals surface area contributed by atoms with Crippen LogP contribution in [0.2, 0.25) is 5.02 Å². The number of rotatable bonds is 5. The highest BCUT2D eigenvalue weighted by molar-refractivity contribution is 6.34. The monoisotopic (exact) mass is 450 g/mol. The topological polar surface area (TPSA) is 53.0 Å². The van der Waals surface area contributed by atoms with Crippen LogP contribution in [0.15, 0.2) is 41.1 Å². The minimum absolute atomic E-state index is 0.0218. The quantitative estimate of drug-likeness (QED) is 0.465. The SMILES string of the molecule is N=C(C1=CCCCC1)C1=C(NC(=O)c2c(Cl)cccc2C2(C(F)(F)F)CC2)CCCC1. The summed E-state index contributed by atoms with van der Waals surface area (Å²) in [5.74, 6) is -0.615. The minimum atomic E-state index is -4.43. The second-order valence-corrected chi connectivity index (χ2v) is 9.12. The molecular formula is C24H26ClF3N2O. The van der Waals surface area contributed by atoms with Crippen LogP contribution in [0.4, 0.5) is 13.2 Å². The Morgan fingerprint density at radius 1 is 1.06 bits per heavy atom. The molecule has 31 heavy (non-hydrogen) atoms. The predicted octanol–water partition coefficient (Wildman–Crippen LogP) is 7.01. The summed E-state index contributed by atoms with van der Waals surface area (Å²) in [6.07, 6.45) is 4.65. The van der Waals surface area contributed by atoms with Crippen molar-refractivity contribution in [1.82, 2.24) is 5.32 Å². The van der Waals surface area contributed by atoms with Gasteiger partial charge in [0.15, 0.2) is 0 Å². The second kappa shape index (κ2) is 8.45. The Labute approximate surface area is 185 Å². The fraction of sp³-hybridized carbons (Fsp3) is 0.500. The molecule has 0 unspecified atom stereocenters. The van der Waals surface area contributed by atoms with Gasteiger partial charge in [-0.15, -0.1) is 0 Å². The van der Waals surface area contributed by atoms with Gasteiger partial charge in [-0.25, -0.2) is 0 Å². The molecule has 0 radical (unpaired) electrons. The van der Waals surface area contributed by atoms with Gasteiger partial charge in [0, 0.05) is 5.70 Å². The third kappa shape index (κ3) is 4.19. The number of amides is 1. The summed E-state index contributed by atoms with van der Waals surface area (Å²) < 4.78 is 41.3. The van der Waals surface area contributed by atoms with E-state index in [9.17, 15) is 18.0 Å². The molecule has 1 fully saturated rings. The first-order valence-electron chi connectivity index (χ1n) is 10.9. The van der Waals surface area contributed by atoms with Gasteiger partial charge < -0.3 is 10.7 Å². The third-order valence-electron chi connectivity index (χ3n) is 6.69. The number of alkyl halides is 3. The van der Waals surface area contributed by atoms with Crippen LogP contribution < -0.4 is 5.32 Å². The molecule has 1 aromatic rings. The molecule has 0 heterocycles. The van der Waals surface area contributed by atoms with Gasteiger partial charge in [0.05, 0.1) is 21.7 Å². The Balaban J connectivity index is 1.67. The number of benzene rings is 1. The molecule has 0 aromatic heterocycles. The van der Waals surface area contributed by atoms with Crippen molar-refractivity contribution >= 4 is 23.2 Å². The molecule has 3 nitrogen and oxygen atoms in total. The number of hydrogen-bond acceptors (Lipinski definition) is 2. The number of carbonyl (C=O) groups excluding carboxylic acids is 1. The van der Waals surface area contributed by atoms with Crippen molar-refractivity contribution < 1.29 is 18.0 Å². The van der Waals surface area contributed by atoms with Crippen LogP contribution in [0.1, 0.15) is 80.1 Å². The molecule has 0 atom stereocenters. The van der Waals surface area contributed by atoms with Crippen LogP contribution in [-0.4, -0.2) is 17.8 Å². The highest BCUT2D eigenvalue weighted by atomic mass is 35.5. The molecule has 0 saturated heterocycles. The molecule has 0 aliphatic heterocycles. The van der Waals surface area contributed by atoms with Crippen molar-refractivity contribution in [3.63, 3.8) is 0 Å². The maximum Gasteiger partial charge on any atom is 0.398 e. The van der Waals surface area contributed by atoms with E-state index in [1.165, 1.54) is 18.2 Å². The average molecular weight is 451 g/mol. The lowest BCUT2D eigenvalue weighted by Gasteiger charge is -2.26. The van der Waals surface area contributed by atoms with Crippen LogP contribution in [-0.2, 0) is 5.41 Å². The number of hydrogen-bond donors (Lipinski definition) is 2. The molecule has 7 heteroatoms. The lowest BCUT2D eigenvalue weighted by molar-refractivity contribution is -0.160. The van der Waals surface area contributed by atoms with Crippen LogP contribution in [0.25, 0.3) is 0 Å². The fourth-order valence-corrected chi connectivity index (χ4v) is 5.02. The van der Waals surface area contributed by atoms with Gasteiger partial charge in [-0.1, -0.05) is 29.8 Å². The highest BCUT2D eigenvalue weighted by Crippen LogP contribution is 2.60. The first-order valence-corrected chi connectivity index (χ1v) is 11.3. The van der Waals surface area contributed by atoms with Gasteiger partial charge in [0.1, 0.15) is 0 Å². The van der Waals surface area contributed by atoms with E-state index in [0.717, 1.165) is 49.7 Å². The van der Waals surface area contributed by atoms with Gasteiger partial charge in [-0.3, -0.25) is 4.79 Å². The summed E-state index contributed by atoms with van der Waals surface area (Å²) in [5, 5.41) is 11.6. The summed E-state index contributed by atoms with van der Waals surface area (Å²) in [4.78, 5) is 13.2. The Bertz CT molecular complexity index is 974. The van der Waals surface area contributed by atoms with E-state index in [2.05, 4.69) is 11.4 Å². The maximum atomic E-state index is 13.8. The Morgan fingerprint density at radius 3 is 2.42 bits per heavy atom. The number of carbonyl (C=O) groups is 1. The van der Waals surface area contributed by atoms with Gasteiger partial charge >= 0.3 is 6.18 Å². The lowest BCUT2D eigenvalue weighted by Crippen LogP contribution is -2.34. The summed E-state index contributed by atoms with van der Waals surface area (Å²) in [6, 6.07) is 4.29. The molecule has 1 amide bonds. The van der Waals surface area contributed by atoms with Crippen LogP contribution in [0.3, 0.4) is 0 Å². The first kappa shape index (κ1) is 22.1. The number of allylic oxidation sites excluding steroid dienone is 4. The standard InChI is InChI=1S/C24H26ClF3N2O/c25-18-11-6-10-17(23(13-14-23)24(26,27)28)20(18)22(31)30-19-12-5-4-9-16(19)21(29)15-7-2-1-3-8-15/h6-7,10-11,29H,1-5,8-9,12-14H2,(H,30,31). The molecule has 0 bridgehead atoms. The Morgan fingerprint density at radius 2 is 1.77 bits per heavy atom. The van der Waals surface area contributed by atoms with Crippen molar-refractivity contribution in [2.75, 3.05) is 0 Å². The smallest absolute Gasteiger partial charge is 0.325 e. The van der Waals surface area contributed by atoms with E-state index in [1.54, 1.807) is 0 Å². The molecular weight excluding hydrogens is 425 g/mol. The fourth-order valence-electron chi connectivity index (χ4n) is 4.76. The van der Waals surface area contributed by atoms with Crippen molar-refractivity contribution in [1.29, 1.82) is 5.41 Å². The van der Waals surface area contributed by atoms with Crippen LogP contribution in [0.5, 0.6) is 0 Å². The lowest BCUT2D eigenvalue weighted by atomic mass is 9.85. The minimum Gasteiger partial charge on any atom is -0.325 e. The largest absolute Gasteiger partial charge is 0.398 e. The first-order chi connectivity index (χ1) is 14.7. The summed E-state index contributed by atoms with van der Waals surface area (Å²) in [5.41, 5.74) is 0.778. The molecule has 166 valence electrons. The molecule has 3 aliphatic rings. The van der Waals surface area contributed by atoms with Crippen molar-refractivity contribution in [3.05, 3.63) is 57.3 Å². The zero-order valence-electron chi connectivity index (χ0n) is 17.3. The number of nitrogens with one attached hydrogen (secondary N) is 2.